The normalized spacial score (nSPS) is 18.8. The minimum absolute atomic E-state index is 0.0477. The lowest BCUT2D eigenvalue weighted by atomic mass is 9.96. The molecule has 0 saturated heterocycles. The average Bonchev–Trinajstić information content (AvgIpc) is 2.27. The number of carbonyl (C=O) groups is 2. The summed E-state index contributed by atoms with van der Waals surface area (Å²) in [5.41, 5.74) is 5.26. The molecule has 92 valence electrons. The van der Waals surface area contributed by atoms with Gasteiger partial charge in [-0.05, 0) is 12.8 Å². The van der Waals surface area contributed by atoms with Crippen molar-refractivity contribution in [2.45, 2.75) is 44.2 Å². The fourth-order valence-corrected chi connectivity index (χ4v) is 1.77. The van der Waals surface area contributed by atoms with Gasteiger partial charge in [0.2, 0.25) is 0 Å². The van der Waals surface area contributed by atoms with E-state index in [2.05, 4.69) is 10.6 Å². The molecule has 1 aliphatic carbocycles. The molecule has 0 aliphatic heterocycles. The topological polar surface area (TPSA) is 104 Å². The standard InChI is InChI=1S/C10H19N3O3/c11-8(9(14)15)6-12-10(16)13-7-4-2-1-3-5-7/h7-8H,1-6,11H2,(H,14,15)(H2,12,13,16). The van der Waals surface area contributed by atoms with Crippen molar-refractivity contribution < 1.29 is 14.7 Å². The minimum atomic E-state index is -1.11. The van der Waals surface area contributed by atoms with E-state index in [0.717, 1.165) is 25.7 Å². The number of hydrogen-bond acceptors (Lipinski definition) is 3. The molecule has 6 heteroatoms. The second-order valence-corrected chi connectivity index (χ2v) is 4.13. The van der Waals surface area contributed by atoms with E-state index in [0.29, 0.717) is 0 Å². The first kappa shape index (κ1) is 12.8. The van der Waals surface area contributed by atoms with E-state index in [1.54, 1.807) is 0 Å². The van der Waals surface area contributed by atoms with Crippen molar-refractivity contribution >= 4 is 12.0 Å². The molecular formula is C10H19N3O3. The van der Waals surface area contributed by atoms with Crippen LogP contribution < -0.4 is 16.4 Å². The number of nitrogens with two attached hydrogens (primary N) is 1. The summed E-state index contributed by atoms with van der Waals surface area (Å²) in [7, 11) is 0. The molecule has 1 rings (SSSR count). The van der Waals surface area contributed by atoms with Crippen LogP contribution in [0, 0.1) is 0 Å². The summed E-state index contributed by atoms with van der Waals surface area (Å²) < 4.78 is 0. The predicted molar refractivity (Wildman–Crippen MR) is 59.0 cm³/mol. The second kappa shape index (κ2) is 6.32. The molecule has 0 heterocycles. The maximum atomic E-state index is 11.4. The van der Waals surface area contributed by atoms with Crippen LogP contribution in [0.25, 0.3) is 0 Å². The van der Waals surface area contributed by atoms with Gasteiger partial charge in [0.25, 0.3) is 0 Å². The fourth-order valence-electron chi connectivity index (χ4n) is 1.77. The zero-order chi connectivity index (χ0) is 12.0. The van der Waals surface area contributed by atoms with Crippen molar-refractivity contribution in [2.24, 2.45) is 5.73 Å². The third-order valence-corrected chi connectivity index (χ3v) is 2.74. The third kappa shape index (κ3) is 4.48. The summed E-state index contributed by atoms with van der Waals surface area (Å²) in [5.74, 6) is -1.11. The Morgan fingerprint density at radius 2 is 1.94 bits per heavy atom. The second-order valence-electron chi connectivity index (χ2n) is 4.13. The van der Waals surface area contributed by atoms with Gasteiger partial charge in [-0.3, -0.25) is 4.79 Å². The summed E-state index contributed by atoms with van der Waals surface area (Å²) in [6.07, 6.45) is 5.50. The zero-order valence-electron chi connectivity index (χ0n) is 9.24. The minimum Gasteiger partial charge on any atom is -0.480 e. The van der Waals surface area contributed by atoms with Crippen molar-refractivity contribution in [3.63, 3.8) is 0 Å². The van der Waals surface area contributed by atoms with Crippen LogP contribution in [0.3, 0.4) is 0 Å². The molecule has 0 aromatic heterocycles. The number of urea groups is 1. The van der Waals surface area contributed by atoms with E-state index < -0.39 is 12.0 Å². The van der Waals surface area contributed by atoms with E-state index in [1.807, 2.05) is 0 Å². The first-order chi connectivity index (χ1) is 7.59. The lowest BCUT2D eigenvalue weighted by Crippen LogP contribution is -2.48. The van der Waals surface area contributed by atoms with Gasteiger partial charge in [-0.1, -0.05) is 19.3 Å². The lowest BCUT2D eigenvalue weighted by Gasteiger charge is -2.23. The summed E-state index contributed by atoms with van der Waals surface area (Å²) in [5, 5.41) is 13.8. The lowest BCUT2D eigenvalue weighted by molar-refractivity contribution is -0.138. The molecule has 2 amide bonds. The number of hydrogen-bond donors (Lipinski definition) is 4. The van der Waals surface area contributed by atoms with E-state index in [9.17, 15) is 9.59 Å². The molecule has 1 saturated carbocycles. The molecule has 5 N–H and O–H groups in total. The number of carbonyl (C=O) groups excluding carboxylic acids is 1. The molecule has 1 aliphatic rings. The van der Waals surface area contributed by atoms with E-state index in [-0.39, 0.29) is 18.6 Å². The Morgan fingerprint density at radius 1 is 1.31 bits per heavy atom. The van der Waals surface area contributed by atoms with Gasteiger partial charge in [0.05, 0.1) is 0 Å². The highest BCUT2D eigenvalue weighted by Crippen LogP contribution is 2.16. The van der Waals surface area contributed by atoms with Crippen LogP contribution in [-0.4, -0.2) is 35.7 Å². The van der Waals surface area contributed by atoms with Crippen LogP contribution >= 0.6 is 0 Å². The summed E-state index contributed by atoms with van der Waals surface area (Å²) >= 11 is 0. The average molecular weight is 229 g/mol. The number of nitrogens with one attached hydrogen (secondary N) is 2. The van der Waals surface area contributed by atoms with Crippen LogP contribution in [-0.2, 0) is 4.79 Å². The van der Waals surface area contributed by atoms with Gasteiger partial charge in [-0.15, -0.1) is 0 Å². The van der Waals surface area contributed by atoms with Crippen molar-refractivity contribution in [3.8, 4) is 0 Å². The summed E-state index contributed by atoms with van der Waals surface area (Å²) in [6, 6.07) is -1.16. The van der Waals surface area contributed by atoms with Crippen molar-refractivity contribution in [2.75, 3.05) is 6.54 Å². The maximum absolute atomic E-state index is 11.4. The molecule has 1 unspecified atom stereocenters. The Bertz CT molecular complexity index is 252. The number of rotatable bonds is 4. The number of amides is 2. The van der Waals surface area contributed by atoms with Gasteiger partial charge >= 0.3 is 12.0 Å². The quantitative estimate of drug-likeness (QED) is 0.546. The zero-order valence-corrected chi connectivity index (χ0v) is 9.24. The largest absolute Gasteiger partial charge is 0.480 e. The Kier molecular flexibility index (Phi) is 5.04. The van der Waals surface area contributed by atoms with Gasteiger partial charge in [0.15, 0.2) is 0 Å². The van der Waals surface area contributed by atoms with Crippen LogP contribution in [0.4, 0.5) is 4.79 Å². The Labute approximate surface area is 94.6 Å². The first-order valence-corrected chi connectivity index (χ1v) is 5.62. The number of carboxylic acid groups (broad SMARTS) is 1. The first-order valence-electron chi connectivity index (χ1n) is 5.62. The summed E-state index contributed by atoms with van der Waals surface area (Å²) in [4.78, 5) is 21.8. The molecule has 16 heavy (non-hydrogen) atoms. The van der Waals surface area contributed by atoms with Crippen LogP contribution in [0.2, 0.25) is 0 Å². The van der Waals surface area contributed by atoms with Gasteiger partial charge < -0.3 is 21.5 Å². The van der Waals surface area contributed by atoms with Gasteiger partial charge in [-0.25, -0.2) is 4.79 Å². The molecular weight excluding hydrogens is 210 g/mol. The maximum Gasteiger partial charge on any atom is 0.322 e. The number of carboxylic acids is 1. The molecule has 1 atom stereocenters. The van der Waals surface area contributed by atoms with Crippen molar-refractivity contribution in [3.05, 3.63) is 0 Å². The number of aliphatic carboxylic acids is 1. The molecule has 0 bridgehead atoms. The van der Waals surface area contributed by atoms with Crippen molar-refractivity contribution in [1.82, 2.24) is 10.6 Å². The highest BCUT2D eigenvalue weighted by Gasteiger charge is 2.17. The van der Waals surface area contributed by atoms with Gasteiger partial charge in [-0.2, -0.15) is 0 Å². The van der Waals surface area contributed by atoms with E-state index >= 15 is 0 Å². The molecule has 0 radical (unpaired) electrons. The van der Waals surface area contributed by atoms with Crippen LogP contribution in [0.5, 0.6) is 0 Å². The van der Waals surface area contributed by atoms with E-state index in [4.69, 9.17) is 10.8 Å². The molecule has 0 aromatic carbocycles. The highest BCUT2D eigenvalue weighted by molar-refractivity contribution is 5.77. The van der Waals surface area contributed by atoms with Crippen LogP contribution in [0.1, 0.15) is 32.1 Å². The monoisotopic (exact) mass is 229 g/mol. The Hall–Kier alpha value is -1.30. The van der Waals surface area contributed by atoms with Crippen molar-refractivity contribution in [1.29, 1.82) is 0 Å². The van der Waals surface area contributed by atoms with Crippen LogP contribution in [0.15, 0.2) is 0 Å². The third-order valence-electron chi connectivity index (χ3n) is 2.74. The predicted octanol–water partition coefficient (Wildman–Crippen LogP) is 0.0302. The Morgan fingerprint density at radius 3 is 2.50 bits per heavy atom. The molecule has 0 aromatic rings. The fraction of sp³-hybridized carbons (Fsp3) is 0.800. The molecule has 1 fully saturated rings. The molecule has 6 nitrogen and oxygen atoms in total. The van der Waals surface area contributed by atoms with Gasteiger partial charge in [0, 0.05) is 12.6 Å². The highest BCUT2D eigenvalue weighted by atomic mass is 16.4. The SMILES string of the molecule is NC(CNC(=O)NC1CCCCC1)C(=O)O. The van der Waals surface area contributed by atoms with Gasteiger partial charge in [0.1, 0.15) is 6.04 Å². The summed E-state index contributed by atoms with van der Waals surface area (Å²) in [6.45, 7) is -0.0477. The van der Waals surface area contributed by atoms with E-state index in [1.165, 1.54) is 6.42 Å². The Balaban J connectivity index is 2.17. The molecule has 0 spiro atoms. The smallest absolute Gasteiger partial charge is 0.322 e.